The van der Waals surface area contributed by atoms with Crippen LogP contribution in [-0.2, 0) is 11.3 Å². The Morgan fingerprint density at radius 3 is 2.40 bits per heavy atom. The van der Waals surface area contributed by atoms with E-state index < -0.39 is 0 Å². The summed E-state index contributed by atoms with van der Waals surface area (Å²) in [4.78, 5) is 12.2. The van der Waals surface area contributed by atoms with E-state index in [1.165, 1.54) is 11.8 Å². The van der Waals surface area contributed by atoms with E-state index in [1.807, 2.05) is 60.0 Å². The molecule has 6 nitrogen and oxygen atoms in total. The number of thioether (sulfide) groups is 1. The number of nitrogens with zero attached hydrogens (tertiary/aromatic N) is 4. The van der Waals surface area contributed by atoms with Crippen LogP contribution in [-0.4, -0.2) is 32.6 Å². The van der Waals surface area contributed by atoms with Gasteiger partial charge in [-0.05, 0) is 36.8 Å². The standard InChI is InChI=1S/C21H19Br2N5OS/c1-14(2)12-28-20(16-5-9-18(23)10-6-16)26-27-21(28)30-13-19(29)25-24-11-15-3-7-17(22)8-4-15/h3-11H,1,12-13H2,2H3,(H,25,29)/b24-11+. The Morgan fingerprint density at radius 2 is 1.77 bits per heavy atom. The molecule has 154 valence electrons. The number of aromatic nitrogens is 3. The number of carbonyl (C=O) groups excluding carboxylic acids is 1. The van der Waals surface area contributed by atoms with Crippen molar-refractivity contribution in [2.24, 2.45) is 5.10 Å². The quantitative estimate of drug-likeness (QED) is 0.180. The number of rotatable bonds is 8. The molecule has 0 aliphatic heterocycles. The second-order valence-corrected chi connectivity index (χ2v) is 9.26. The van der Waals surface area contributed by atoms with Crippen molar-refractivity contribution in [1.29, 1.82) is 0 Å². The van der Waals surface area contributed by atoms with Gasteiger partial charge in [-0.1, -0.05) is 80.0 Å². The minimum absolute atomic E-state index is 0.173. The SMILES string of the molecule is C=C(C)Cn1c(SCC(=O)N/N=C/c2ccc(Br)cc2)nnc1-c1ccc(Br)cc1. The molecule has 1 aromatic heterocycles. The highest BCUT2D eigenvalue weighted by molar-refractivity contribution is 9.10. The van der Waals surface area contributed by atoms with Crippen molar-refractivity contribution in [2.75, 3.05) is 5.75 Å². The first kappa shape index (κ1) is 22.5. The molecule has 3 aromatic rings. The lowest BCUT2D eigenvalue weighted by Gasteiger charge is -2.10. The van der Waals surface area contributed by atoms with E-state index in [9.17, 15) is 4.79 Å². The van der Waals surface area contributed by atoms with Crippen molar-refractivity contribution in [3.63, 3.8) is 0 Å². The van der Waals surface area contributed by atoms with E-state index in [0.717, 1.165) is 31.5 Å². The fourth-order valence-corrected chi connectivity index (χ4v) is 3.77. The van der Waals surface area contributed by atoms with Gasteiger partial charge in [0.15, 0.2) is 11.0 Å². The van der Waals surface area contributed by atoms with Crippen LogP contribution in [0.15, 0.2) is 79.9 Å². The van der Waals surface area contributed by atoms with Gasteiger partial charge in [-0.15, -0.1) is 10.2 Å². The van der Waals surface area contributed by atoms with Gasteiger partial charge in [-0.25, -0.2) is 5.43 Å². The Balaban J connectivity index is 1.65. The zero-order chi connectivity index (χ0) is 21.5. The van der Waals surface area contributed by atoms with Crippen LogP contribution in [0.5, 0.6) is 0 Å². The number of hydrogen-bond donors (Lipinski definition) is 1. The van der Waals surface area contributed by atoms with Gasteiger partial charge < -0.3 is 0 Å². The molecule has 1 amide bonds. The fourth-order valence-electron chi connectivity index (χ4n) is 2.51. The van der Waals surface area contributed by atoms with Crippen LogP contribution in [0.4, 0.5) is 0 Å². The van der Waals surface area contributed by atoms with Gasteiger partial charge in [0.05, 0.1) is 12.0 Å². The van der Waals surface area contributed by atoms with E-state index in [-0.39, 0.29) is 11.7 Å². The molecule has 3 rings (SSSR count). The highest BCUT2D eigenvalue weighted by Gasteiger charge is 2.15. The second-order valence-electron chi connectivity index (χ2n) is 6.49. The predicted molar refractivity (Wildman–Crippen MR) is 129 cm³/mol. The predicted octanol–water partition coefficient (Wildman–Crippen LogP) is 5.29. The topological polar surface area (TPSA) is 72.2 Å². The van der Waals surface area contributed by atoms with Crippen molar-refractivity contribution in [3.8, 4) is 11.4 Å². The Morgan fingerprint density at radius 1 is 1.13 bits per heavy atom. The summed E-state index contributed by atoms with van der Waals surface area (Å²) in [5, 5.41) is 13.3. The molecule has 0 aliphatic rings. The molecule has 1 N–H and O–H groups in total. The van der Waals surface area contributed by atoms with Crippen molar-refractivity contribution in [3.05, 3.63) is 75.2 Å². The number of nitrogens with one attached hydrogen (secondary N) is 1. The third-order valence-electron chi connectivity index (χ3n) is 3.85. The summed E-state index contributed by atoms with van der Waals surface area (Å²) >= 11 is 8.14. The molecule has 0 spiro atoms. The Hall–Kier alpha value is -2.23. The lowest BCUT2D eigenvalue weighted by atomic mass is 10.2. The summed E-state index contributed by atoms with van der Waals surface area (Å²) in [5.74, 6) is 0.692. The molecule has 1 heterocycles. The van der Waals surface area contributed by atoms with Crippen LogP contribution in [0.1, 0.15) is 12.5 Å². The molecule has 0 aliphatic carbocycles. The number of hydrogen-bond acceptors (Lipinski definition) is 5. The van der Waals surface area contributed by atoms with Crippen LogP contribution in [0, 0.1) is 0 Å². The molecular formula is C21H19Br2N5OS. The smallest absolute Gasteiger partial charge is 0.250 e. The minimum atomic E-state index is -0.219. The monoisotopic (exact) mass is 547 g/mol. The summed E-state index contributed by atoms with van der Waals surface area (Å²) in [7, 11) is 0. The zero-order valence-corrected chi connectivity index (χ0v) is 20.2. The van der Waals surface area contributed by atoms with E-state index in [0.29, 0.717) is 11.7 Å². The lowest BCUT2D eigenvalue weighted by molar-refractivity contribution is -0.118. The number of carbonyl (C=O) groups is 1. The summed E-state index contributed by atoms with van der Waals surface area (Å²) in [6, 6.07) is 15.5. The van der Waals surface area contributed by atoms with Crippen LogP contribution in [0.2, 0.25) is 0 Å². The highest BCUT2D eigenvalue weighted by Crippen LogP contribution is 2.26. The van der Waals surface area contributed by atoms with Crippen LogP contribution in [0.3, 0.4) is 0 Å². The molecule has 0 atom stereocenters. The van der Waals surface area contributed by atoms with Gasteiger partial charge in [0, 0.05) is 21.1 Å². The zero-order valence-electron chi connectivity index (χ0n) is 16.2. The molecule has 30 heavy (non-hydrogen) atoms. The normalized spacial score (nSPS) is 11.0. The first-order valence-corrected chi connectivity index (χ1v) is 11.5. The average molecular weight is 549 g/mol. The van der Waals surface area contributed by atoms with E-state index in [4.69, 9.17) is 0 Å². The first-order chi connectivity index (χ1) is 14.4. The Kier molecular flexibility index (Phi) is 8.01. The van der Waals surface area contributed by atoms with Gasteiger partial charge in [-0.3, -0.25) is 9.36 Å². The molecule has 0 saturated carbocycles. The van der Waals surface area contributed by atoms with Crippen molar-refractivity contribution < 1.29 is 4.79 Å². The maximum Gasteiger partial charge on any atom is 0.250 e. The minimum Gasteiger partial charge on any atom is -0.298 e. The lowest BCUT2D eigenvalue weighted by Crippen LogP contribution is -2.20. The number of benzene rings is 2. The number of allylic oxidation sites excluding steroid dienone is 1. The third kappa shape index (κ3) is 6.38. The number of halogens is 2. The summed E-state index contributed by atoms with van der Waals surface area (Å²) in [6.07, 6.45) is 1.60. The molecule has 0 fully saturated rings. The van der Waals surface area contributed by atoms with Crippen molar-refractivity contribution in [2.45, 2.75) is 18.6 Å². The molecule has 2 aromatic carbocycles. The largest absolute Gasteiger partial charge is 0.298 e. The van der Waals surface area contributed by atoms with E-state index >= 15 is 0 Å². The summed E-state index contributed by atoms with van der Waals surface area (Å²) < 4.78 is 3.95. The molecule has 0 saturated heterocycles. The third-order valence-corrected chi connectivity index (χ3v) is 5.88. The number of amides is 1. The van der Waals surface area contributed by atoms with E-state index in [2.05, 4.69) is 59.2 Å². The molecule has 9 heteroatoms. The van der Waals surface area contributed by atoms with Gasteiger partial charge >= 0.3 is 0 Å². The van der Waals surface area contributed by atoms with Gasteiger partial charge in [0.25, 0.3) is 5.91 Å². The molecule has 0 bridgehead atoms. The highest BCUT2D eigenvalue weighted by atomic mass is 79.9. The van der Waals surface area contributed by atoms with Gasteiger partial charge in [-0.2, -0.15) is 5.10 Å². The van der Waals surface area contributed by atoms with Crippen molar-refractivity contribution >= 4 is 55.7 Å². The maximum atomic E-state index is 12.2. The summed E-state index contributed by atoms with van der Waals surface area (Å²) in [5.41, 5.74) is 5.35. The second kappa shape index (κ2) is 10.7. The Labute approximate surface area is 196 Å². The Bertz CT molecular complexity index is 1060. The maximum absolute atomic E-state index is 12.2. The molecular weight excluding hydrogens is 530 g/mol. The average Bonchev–Trinajstić information content (AvgIpc) is 3.10. The summed E-state index contributed by atoms with van der Waals surface area (Å²) in [6.45, 7) is 6.52. The van der Waals surface area contributed by atoms with Crippen LogP contribution < -0.4 is 5.43 Å². The van der Waals surface area contributed by atoms with Gasteiger partial charge in [0.2, 0.25) is 0 Å². The van der Waals surface area contributed by atoms with E-state index in [1.54, 1.807) is 6.21 Å². The number of hydrazone groups is 1. The van der Waals surface area contributed by atoms with Crippen LogP contribution >= 0.6 is 43.6 Å². The van der Waals surface area contributed by atoms with Gasteiger partial charge in [0.1, 0.15) is 0 Å². The molecule has 0 radical (unpaired) electrons. The first-order valence-electron chi connectivity index (χ1n) is 8.96. The van der Waals surface area contributed by atoms with Crippen LogP contribution in [0.25, 0.3) is 11.4 Å². The fraction of sp³-hybridized carbons (Fsp3) is 0.143. The molecule has 0 unspecified atom stereocenters. The van der Waals surface area contributed by atoms with Crippen molar-refractivity contribution in [1.82, 2.24) is 20.2 Å².